The third-order valence-electron chi connectivity index (χ3n) is 2.34. The number of esters is 1. The Morgan fingerprint density at radius 3 is 1.94 bits per heavy atom. The molecule has 0 aliphatic heterocycles. The minimum atomic E-state index is -0.501. The predicted octanol–water partition coefficient (Wildman–Crippen LogP) is 2.52. The lowest BCUT2D eigenvalue weighted by Gasteiger charge is -1.97. The number of rotatable bonds is 5. The van der Waals surface area contributed by atoms with Crippen LogP contribution < -0.4 is 0 Å². The van der Waals surface area contributed by atoms with Crippen molar-refractivity contribution in [1.82, 2.24) is 0 Å². The number of benzene rings is 1. The van der Waals surface area contributed by atoms with E-state index < -0.39 is 5.97 Å². The lowest BCUT2D eigenvalue weighted by Crippen LogP contribution is -2.04. The molecule has 100 valence electrons. The number of hydrogen-bond acceptors (Lipinski definition) is 3. The first-order valence-corrected chi connectivity index (χ1v) is 6.15. The van der Waals surface area contributed by atoms with Gasteiger partial charge in [0, 0.05) is 6.08 Å². The maximum Gasteiger partial charge on any atom is 0.330 e. The monoisotopic (exact) mass is 250 g/mol. The van der Waals surface area contributed by atoms with Crippen LogP contribution in [0.2, 0.25) is 0 Å². The van der Waals surface area contributed by atoms with Crippen LogP contribution in [0.15, 0.2) is 36.9 Å². The first kappa shape index (κ1) is 16.4. The molecule has 0 aliphatic carbocycles. The Morgan fingerprint density at radius 1 is 1.22 bits per heavy atom. The highest BCUT2D eigenvalue weighted by atomic mass is 16.5. The molecule has 0 aromatic heterocycles. The molecule has 0 spiro atoms. The molecular formula is C15H22O3. The van der Waals surface area contributed by atoms with Crippen molar-refractivity contribution >= 4 is 5.97 Å². The molecule has 0 saturated carbocycles. The van der Waals surface area contributed by atoms with Crippen molar-refractivity contribution < 1.29 is 14.6 Å². The zero-order chi connectivity index (χ0) is 13.8. The first-order valence-electron chi connectivity index (χ1n) is 6.15. The molecule has 1 rings (SSSR count). The van der Waals surface area contributed by atoms with E-state index in [1.807, 2.05) is 0 Å². The average Bonchev–Trinajstić information content (AvgIpc) is 2.45. The Hall–Kier alpha value is -1.61. The average molecular weight is 250 g/mol. The number of aryl methyl sites for hydroxylation is 2. The fraction of sp³-hybridized carbons (Fsp3) is 0.400. The summed E-state index contributed by atoms with van der Waals surface area (Å²) in [4.78, 5) is 10.1. The van der Waals surface area contributed by atoms with E-state index in [4.69, 9.17) is 5.11 Å². The van der Waals surface area contributed by atoms with Crippen LogP contribution in [0.4, 0.5) is 0 Å². The van der Waals surface area contributed by atoms with Crippen LogP contribution in [0.5, 0.6) is 0 Å². The molecule has 3 nitrogen and oxygen atoms in total. The van der Waals surface area contributed by atoms with E-state index >= 15 is 0 Å². The Bertz CT molecular complexity index is 318. The van der Waals surface area contributed by atoms with Crippen LogP contribution in [0.1, 0.15) is 25.0 Å². The molecule has 0 fully saturated rings. The predicted molar refractivity (Wildman–Crippen MR) is 73.4 cm³/mol. The molecule has 0 bridgehead atoms. The summed E-state index contributed by atoms with van der Waals surface area (Å²) in [6.07, 6.45) is 3.34. The van der Waals surface area contributed by atoms with Crippen LogP contribution in [-0.2, 0) is 22.4 Å². The number of carbonyl (C=O) groups excluding carboxylic acids is 1. The van der Waals surface area contributed by atoms with Gasteiger partial charge in [0.1, 0.15) is 6.61 Å². The van der Waals surface area contributed by atoms with Gasteiger partial charge >= 0.3 is 5.97 Å². The molecular weight excluding hydrogens is 228 g/mol. The largest absolute Gasteiger partial charge is 0.460 e. The van der Waals surface area contributed by atoms with E-state index in [9.17, 15) is 4.79 Å². The zero-order valence-corrected chi connectivity index (χ0v) is 11.2. The number of aliphatic hydroxyl groups is 1. The van der Waals surface area contributed by atoms with Crippen molar-refractivity contribution in [1.29, 1.82) is 0 Å². The molecule has 0 atom stereocenters. The molecule has 18 heavy (non-hydrogen) atoms. The molecule has 1 N–H and O–H groups in total. The summed E-state index contributed by atoms with van der Waals surface area (Å²) in [6, 6.07) is 8.83. The van der Waals surface area contributed by atoms with E-state index in [2.05, 4.69) is 49.4 Å². The topological polar surface area (TPSA) is 46.5 Å². The molecule has 3 heteroatoms. The summed E-state index contributed by atoms with van der Waals surface area (Å²) in [7, 11) is 0. The fourth-order valence-electron chi connectivity index (χ4n) is 1.22. The van der Waals surface area contributed by atoms with E-state index in [1.54, 1.807) is 0 Å². The Labute approximate surface area is 109 Å². The number of hydrogen-bond donors (Lipinski definition) is 1. The summed E-state index contributed by atoms with van der Waals surface area (Å²) in [5.74, 6) is -0.501. The number of carbonyl (C=O) groups is 1. The molecule has 1 aromatic carbocycles. The van der Waals surface area contributed by atoms with Gasteiger partial charge in [-0.1, -0.05) is 44.7 Å². The Balaban J connectivity index is 0.000000331. The maximum atomic E-state index is 10.1. The van der Waals surface area contributed by atoms with Gasteiger partial charge < -0.3 is 9.84 Å². The minimum Gasteiger partial charge on any atom is -0.460 e. The highest BCUT2D eigenvalue weighted by Crippen LogP contribution is 2.04. The third kappa shape index (κ3) is 7.63. The molecule has 0 heterocycles. The van der Waals surface area contributed by atoms with Gasteiger partial charge in [0.05, 0.1) is 6.61 Å². The summed E-state index contributed by atoms with van der Waals surface area (Å²) >= 11 is 0. The lowest BCUT2D eigenvalue weighted by molar-refractivity contribution is -0.138. The number of aliphatic hydroxyl groups excluding tert-OH is 1. The lowest BCUT2D eigenvalue weighted by atomic mass is 10.1. The number of ether oxygens (including phenoxy) is 1. The van der Waals surface area contributed by atoms with Crippen LogP contribution >= 0.6 is 0 Å². The van der Waals surface area contributed by atoms with Gasteiger partial charge in [-0.2, -0.15) is 0 Å². The molecule has 1 aromatic rings. The van der Waals surface area contributed by atoms with Gasteiger partial charge in [-0.25, -0.2) is 4.79 Å². The molecule has 0 saturated heterocycles. The van der Waals surface area contributed by atoms with Gasteiger partial charge in [0.15, 0.2) is 0 Å². The zero-order valence-electron chi connectivity index (χ0n) is 11.2. The fourth-order valence-corrected chi connectivity index (χ4v) is 1.22. The second-order valence-corrected chi connectivity index (χ2v) is 3.62. The van der Waals surface area contributed by atoms with E-state index in [0.717, 1.165) is 18.9 Å². The molecule has 0 aliphatic rings. The Kier molecular flexibility index (Phi) is 9.60. The maximum absolute atomic E-state index is 10.1. The molecule has 0 amide bonds. The first-order chi connectivity index (χ1) is 8.67. The SMILES string of the molecule is C=CC(=O)OCCO.CCc1ccc(CC)cc1. The second kappa shape index (κ2) is 10.5. The summed E-state index contributed by atoms with van der Waals surface area (Å²) < 4.78 is 4.33. The van der Waals surface area contributed by atoms with Crippen molar-refractivity contribution in [2.24, 2.45) is 0 Å². The van der Waals surface area contributed by atoms with Crippen molar-refractivity contribution in [3.63, 3.8) is 0 Å². The van der Waals surface area contributed by atoms with Crippen molar-refractivity contribution in [2.45, 2.75) is 26.7 Å². The molecule has 0 radical (unpaired) electrons. The van der Waals surface area contributed by atoms with E-state index in [1.165, 1.54) is 11.1 Å². The summed E-state index contributed by atoms with van der Waals surface area (Å²) in [5, 5.41) is 8.10. The highest BCUT2D eigenvalue weighted by Gasteiger charge is 1.90. The highest BCUT2D eigenvalue weighted by molar-refractivity contribution is 5.81. The van der Waals surface area contributed by atoms with Crippen molar-refractivity contribution in [2.75, 3.05) is 13.2 Å². The van der Waals surface area contributed by atoms with Gasteiger partial charge in [-0.15, -0.1) is 0 Å². The Morgan fingerprint density at radius 2 is 1.67 bits per heavy atom. The van der Waals surface area contributed by atoms with Crippen LogP contribution in [0, 0.1) is 0 Å². The quantitative estimate of drug-likeness (QED) is 0.645. The van der Waals surface area contributed by atoms with Crippen LogP contribution in [0.3, 0.4) is 0 Å². The summed E-state index contributed by atoms with van der Waals surface area (Å²) in [6.45, 7) is 7.43. The second-order valence-electron chi connectivity index (χ2n) is 3.62. The van der Waals surface area contributed by atoms with Gasteiger partial charge in [-0.05, 0) is 24.0 Å². The van der Waals surface area contributed by atoms with Gasteiger partial charge in [0.25, 0.3) is 0 Å². The molecule has 0 unspecified atom stereocenters. The van der Waals surface area contributed by atoms with Crippen LogP contribution in [-0.4, -0.2) is 24.3 Å². The third-order valence-corrected chi connectivity index (χ3v) is 2.34. The minimum absolute atomic E-state index is 0.0465. The normalized spacial score (nSPS) is 9.06. The standard InChI is InChI=1S/C10H14.C5H8O3/c1-3-9-5-7-10(4-2)8-6-9;1-2-5(7)8-4-3-6/h5-8H,3-4H2,1-2H3;2,6H,1,3-4H2. The van der Waals surface area contributed by atoms with Gasteiger partial charge in [-0.3, -0.25) is 0 Å². The van der Waals surface area contributed by atoms with Crippen molar-refractivity contribution in [3.8, 4) is 0 Å². The van der Waals surface area contributed by atoms with Crippen molar-refractivity contribution in [3.05, 3.63) is 48.0 Å². The van der Waals surface area contributed by atoms with Gasteiger partial charge in [0.2, 0.25) is 0 Å². The smallest absolute Gasteiger partial charge is 0.330 e. The van der Waals surface area contributed by atoms with E-state index in [-0.39, 0.29) is 13.2 Å². The van der Waals surface area contributed by atoms with Crippen LogP contribution in [0.25, 0.3) is 0 Å². The van der Waals surface area contributed by atoms with E-state index in [0.29, 0.717) is 0 Å². The summed E-state index contributed by atoms with van der Waals surface area (Å²) in [5.41, 5.74) is 2.86.